The number of carbonyl (C=O) groups excluding carboxylic acids is 1. The number of nitro groups is 1. The molecule has 3 aromatic rings. The number of para-hydroxylation sites is 2. The molecular weight excluding hydrogens is 424 g/mol. The Kier molecular flexibility index (Phi) is 5.95. The molecule has 0 spiro atoms. The number of aryl methyl sites for hydroxylation is 1. The predicted molar refractivity (Wildman–Crippen MR) is 123 cm³/mol. The van der Waals surface area contributed by atoms with Crippen LogP contribution < -0.4 is 10.3 Å². The summed E-state index contributed by atoms with van der Waals surface area (Å²) >= 11 is 0. The van der Waals surface area contributed by atoms with E-state index in [0.29, 0.717) is 22.2 Å². The average molecular weight is 444 g/mol. The number of hydrogen-bond acceptors (Lipinski definition) is 7. The van der Waals surface area contributed by atoms with Crippen LogP contribution >= 0.6 is 0 Å². The van der Waals surface area contributed by atoms with E-state index >= 15 is 0 Å². The fourth-order valence-corrected chi connectivity index (χ4v) is 3.50. The quantitative estimate of drug-likeness (QED) is 0.327. The SMILES string of the molecule is CC1=CC(/C=N/n2c(COc3ccccc3C)nc3ccccc3c2=O)C(=O)C([N+](=O)[O-])=C1. The van der Waals surface area contributed by atoms with Gasteiger partial charge >= 0.3 is 5.70 Å². The van der Waals surface area contributed by atoms with Crippen molar-refractivity contribution in [2.75, 3.05) is 0 Å². The molecule has 1 aliphatic carbocycles. The third-order valence-electron chi connectivity index (χ3n) is 5.17. The summed E-state index contributed by atoms with van der Waals surface area (Å²) in [4.78, 5) is 40.6. The van der Waals surface area contributed by atoms with Crippen molar-refractivity contribution in [2.45, 2.75) is 20.5 Å². The molecule has 2 aromatic carbocycles. The van der Waals surface area contributed by atoms with Crippen LogP contribution in [0.4, 0.5) is 0 Å². The van der Waals surface area contributed by atoms with Gasteiger partial charge in [-0.3, -0.25) is 19.7 Å². The highest BCUT2D eigenvalue weighted by molar-refractivity contribution is 6.07. The standard InChI is InChI=1S/C24H20N4O5/c1-15-11-17(23(29)20(12-15)28(31)32)13-25-27-22(14-33-21-10-6-3-7-16(21)2)26-19-9-5-4-8-18(19)24(27)30/h3-13,17H,14H2,1-2H3/b25-13+. The van der Waals surface area contributed by atoms with Crippen molar-refractivity contribution in [2.24, 2.45) is 11.0 Å². The van der Waals surface area contributed by atoms with Gasteiger partial charge in [-0.25, -0.2) is 4.98 Å². The fraction of sp³-hybridized carbons (Fsp3) is 0.167. The molecule has 0 N–H and O–H groups in total. The molecule has 0 aliphatic heterocycles. The van der Waals surface area contributed by atoms with E-state index < -0.39 is 27.9 Å². The molecule has 166 valence electrons. The van der Waals surface area contributed by atoms with Crippen LogP contribution in [-0.4, -0.2) is 26.6 Å². The van der Waals surface area contributed by atoms with Gasteiger partial charge in [0.2, 0.25) is 5.78 Å². The van der Waals surface area contributed by atoms with E-state index in [9.17, 15) is 19.7 Å². The molecule has 0 radical (unpaired) electrons. The van der Waals surface area contributed by atoms with E-state index in [1.165, 1.54) is 12.3 Å². The lowest BCUT2D eigenvalue weighted by Crippen LogP contribution is -2.27. The zero-order valence-corrected chi connectivity index (χ0v) is 18.0. The number of nitrogens with zero attached hydrogens (tertiary/aromatic N) is 4. The van der Waals surface area contributed by atoms with Crippen molar-refractivity contribution in [1.82, 2.24) is 9.66 Å². The van der Waals surface area contributed by atoms with E-state index in [0.717, 1.165) is 10.2 Å². The number of carbonyl (C=O) groups is 1. The zero-order chi connectivity index (χ0) is 23.5. The van der Waals surface area contributed by atoms with Crippen LogP contribution in [0.1, 0.15) is 18.3 Å². The van der Waals surface area contributed by atoms with E-state index in [1.54, 1.807) is 37.3 Å². The molecule has 1 aromatic heterocycles. The number of hydrogen-bond donors (Lipinski definition) is 0. The smallest absolute Gasteiger partial charge is 0.313 e. The number of aromatic nitrogens is 2. The Bertz CT molecular complexity index is 1420. The van der Waals surface area contributed by atoms with E-state index in [4.69, 9.17) is 4.74 Å². The largest absolute Gasteiger partial charge is 0.485 e. The summed E-state index contributed by atoms with van der Waals surface area (Å²) in [5, 5.41) is 15.8. The Labute approximate surface area is 188 Å². The van der Waals surface area contributed by atoms with Crippen LogP contribution in [0.2, 0.25) is 0 Å². The maximum absolute atomic E-state index is 13.2. The van der Waals surface area contributed by atoms with E-state index in [2.05, 4.69) is 10.1 Å². The molecule has 33 heavy (non-hydrogen) atoms. The van der Waals surface area contributed by atoms with Crippen molar-refractivity contribution in [3.05, 3.63) is 104 Å². The Morgan fingerprint density at radius 2 is 1.88 bits per heavy atom. The van der Waals surface area contributed by atoms with Crippen molar-refractivity contribution < 1.29 is 14.5 Å². The van der Waals surface area contributed by atoms with Crippen LogP contribution in [0.3, 0.4) is 0 Å². The molecule has 9 heteroatoms. The molecule has 1 aliphatic rings. The second-order valence-corrected chi connectivity index (χ2v) is 7.57. The molecule has 4 rings (SSSR count). The fourth-order valence-electron chi connectivity index (χ4n) is 3.50. The van der Waals surface area contributed by atoms with Gasteiger partial charge in [0.25, 0.3) is 5.56 Å². The van der Waals surface area contributed by atoms with Gasteiger partial charge in [-0.05, 0) is 43.2 Å². The Hall–Kier alpha value is -4.40. The lowest BCUT2D eigenvalue weighted by atomic mass is 9.94. The van der Waals surface area contributed by atoms with Gasteiger partial charge in [-0.15, -0.1) is 0 Å². The minimum absolute atomic E-state index is 0.0458. The minimum Gasteiger partial charge on any atom is -0.485 e. The van der Waals surface area contributed by atoms with Crippen LogP contribution in [0.5, 0.6) is 5.75 Å². The maximum Gasteiger partial charge on any atom is 0.313 e. The van der Waals surface area contributed by atoms with Crippen LogP contribution in [0, 0.1) is 23.0 Å². The lowest BCUT2D eigenvalue weighted by molar-refractivity contribution is -0.419. The summed E-state index contributed by atoms with van der Waals surface area (Å²) in [5.41, 5.74) is 1.02. The molecule has 1 heterocycles. The van der Waals surface area contributed by atoms with Crippen LogP contribution in [0.15, 0.2) is 81.8 Å². The molecule has 1 atom stereocenters. The molecule has 9 nitrogen and oxygen atoms in total. The molecule has 1 unspecified atom stereocenters. The number of allylic oxidation sites excluding steroid dienone is 4. The summed E-state index contributed by atoms with van der Waals surface area (Å²) in [6, 6.07) is 14.3. The van der Waals surface area contributed by atoms with Crippen molar-refractivity contribution in [1.29, 1.82) is 0 Å². The molecule has 0 saturated heterocycles. The highest BCUT2D eigenvalue weighted by Gasteiger charge is 2.31. The molecule has 0 bridgehead atoms. The first-order valence-electron chi connectivity index (χ1n) is 10.2. The average Bonchev–Trinajstić information content (AvgIpc) is 2.79. The molecule has 0 amide bonds. The predicted octanol–water partition coefficient (Wildman–Crippen LogP) is 3.42. The molecular formula is C24H20N4O5. The minimum atomic E-state index is -0.973. The van der Waals surface area contributed by atoms with Crippen LogP contribution in [-0.2, 0) is 11.4 Å². The normalized spacial score (nSPS) is 16.1. The van der Waals surface area contributed by atoms with Gasteiger partial charge in [0.15, 0.2) is 5.82 Å². The number of ketones is 1. The number of benzene rings is 2. The highest BCUT2D eigenvalue weighted by Crippen LogP contribution is 2.20. The Morgan fingerprint density at radius 3 is 2.64 bits per heavy atom. The monoisotopic (exact) mass is 444 g/mol. The van der Waals surface area contributed by atoms with Gasteiger partial charge < -0.3 is 4.74 Å². The van der Waals surface area contributed by atoms with Gasteiger partial charge in [0, 0.05) is 12.3 Å². The first-order valence-corrected chi connectivity index (χ1v) is 10.2. The van der Waals surface area contributed by atoms with Gasteiger partial charge in [0.05, 0.1) is 21.7 Å². The van der Waals surface area contributed by atoms with Gasteiger partial charge in [-0.1, -0.05) is 36.4 Å². The van der Waals surface area contributed by atoms with Gasteiger partial charge in [0.1, 0.15) is 12.4 Å². The number of ether oxygens (including phenoxy) is 1. The summed E-state index contributed by atoms with van der Waals surface area (Å²) in [5.74, 6) is -0.808. The second kappa shape index (κ2) is 8.99. The summed E-state index contributed by atoms with van der Waals surface area (Å²) in [6.45, 7) is 3.51. The molecule has 0 saturated carbocycles. The third kappa shape index (κ3) is 4.47. The summed E-state index contributed by atoms with van der Waals surface area (Å²) in [6.07, 6.45) is 4.00. The number of Topliss-reactive ketones (excluding diaryl/α,β-unsaturated/α-hetero) is 1. The first kappa shape index (κ1) is 21.8. The van der Waals surface area contributed by atoms with Crippen molar-refractivity contribution in [3.8, 4) is 5.75 Å². The zero-order valence-electron chi connectivity index (χ0n) is 18.0. The highest BCUT2D eigenvalue weighted by atomic mass is 16.6. The Morgan fingerprint density at radius 1 is 1.15 bits per heavy atom. The van der Waals surface area contributed by atoms with Crippen LogP contribution in [0.25, 0.3) is 10.9 Å². The third-order valence-corrected chi connectivity index (χ3v) is 5.17. The summed E-state index contributed by atoms with van der Waals surface area (Å²) in [7, 11) is 0. The Balaban J connectivity index is 1.73. The van der Waals surface area contributed by atoms with E-state index in [1.807, 2.05) is 31.2 Å². The summed E-state index contributed by atoms with van der Waals surface area (Å²) < 4.78 is 6.94. The number of fused-ring (bicyclic) bond motifs is 1. The topological polar surface area (TPSA) is 117 Å². The molecule has 0 fully saturated rings. The maximum atomic E-state index is 13.2. The van der Waals surface area contributed by atoms with Gasteiger partial charge in [-0.2, -0.15) is 9.78 Å². The van der Waals surface area contributed by atoms with Crippen molar-refractivity contribution in [3.63, 3.8) is 0 Å². The number of rotatable bonds is 6. The van der Waals surface area contributed by atoms with Crippen molar-refractivity contribution >= 4 is 22.9 Å². The van der Waals surface area contributed by atoms with E-state index in [-0.39, 0.29) is 12.4 Å². The first-order chi connectivity index (χ1) is 15.8. The lowest BCUT2D eigenvalue weighted by Gasteiger charge is -2.13. The second-order valence-electron chi connectivity index (χ2n) is 7.57.